The number of esters is 1. The number of hydrogen-bond donors (Lipinski definition) is 10. The Morgan fingerprint density at radius 3 is 2.29 bits per heavy atom. The number of carbonyl (C=O) groups excluding carboxylic acids is 4. The lowest BCUT2D eigenvalue weighted by molar-refractivity contribution is -0.247. The number of cyclic esters (lactones) is 1. The molecular formula is C33H37NO17. The summed E-state index contributed by atoms with van der Waals surface area (Å²) in [6.45, 7) is -0.112. The molecule has 276 valence electrons. The molecule has 2 aliphatic carbocycles. The van der Waals surface area contributed by atoms with Crippen LogP contribution in [0.5, 0.6) is 17.2 Å². The van der Waals surface area contributed by atoms with Crippen molar-refractivity contribution in [3.8, 4) is 17.2 Å². The highest BCUT2D eigenvalue weighted by atomic mass is 16.7. The van der Waals surface area contributed by atoms with E-state index >= 15 is 0 Å². The molecule has 8 atom stereocenters. The van der Waals surface area contributed by atoms with E-state index in [1.807, 2.05) is 0 Å². The van der Waals surface area contributed by atoms with Gasteiger partial charge in [0.25, 0.3) is 0 Å². The third kappa shape index (κ3) is 6.40. The number of aliphatic hydroxyl groups excluding tert-OH is 6. The number of phenols is 2. The first-order chi connectivity index (χ1) is 24.0. The van der Waals surface area contributed by atoms with Gasteiger partial charge in [-0.1, -0.05) is 12.1 Å². The van der Waals surface area contributed by atoms with E-state index in [1.165, 1.54) is 25.3 Å². The first kappa shape index (κ1) is 37.6. The van der Waals surface area contributed by atoms with Gasteiger partial charge in [0.05, 0.1) is 48.7 Å². The molecule has 6 rings (SSSR count). The third-order valence-electron chi connectivity index (χ3n) is 9.28. The molecule has 1 saturated heterocycles. The van der Waals surface area contributed by atoms with E-state index in [4.69, 9.17) is 40.4 Å². The lowest BCUT2D eigenvalue weighted by Gasteiger charge is -2.42. The molecule has 0 bridgehead atoms. The number of carbonyl (C=O) groups is 4. The van der Waals surface area contributed by atoms with Crippen molar-refractivity contribution in [1.29, 1.82) is 0 Å². The minimum absolute atomic E-state index is 0.0173. The summed E-state index contributed by atoms with van der Waals surface area (Å²) < 4.78 is 21.3. The Kier molecular flexibility index (Phi) is 10.4. The first-order valence-electron chi connectivity index (χ1n) is 15.6. The predicted octanol–water partition coefficient (Wildman–Crippen LogP) is -1.41. The van der Waals surface area contributed by atoms with Gasteiger partial charge in [-0.3, -0.25) is 14.4 Å². The molecule has 0 unspecified atom stereocenters. The number of ether oxygens (including phenoxy) is 4. The number of rotatable bonds is 7. The summed E-state index contributed by atoms with van der Waals surface area (Å²) in [6, 6.07) is 3.64. The van der Waals surface area contributed by atoms with Crippen LogP contribution in [0.3, 0.4) is 0 Å². The van der Waals surface area contributed by atoms with Crippen molar-refractivity contribution in [3.63, 3.8) is 0 Å². The second-order valence-electron chi connectivity index (χ2n) is 12.5. The van der Waals surface area contributed by atoms with E-state index in [0.717, 1.165) is 0 Å². The number of aromatic hydroxyl groups is 2. The Morgan fingerprint density at radius 2 is 1.73 bits per heavy atom. The molecule has 0 radical (unpaired) electrons. The number of benzene rings is 2. The van der Waals surface area contributed by atoms with Crippen molar-refractivity contribution in [3.05, 3.63) is 63.1 Å². The number of methoxy groups -OCH3 is 1. The van der Waals surface area contributed by atoms with Gasteiger partial charge >= 0.3 is 5.97 Å². The highest BCUT2D eigenvalue weighted by molar-refractivity contribution is 6.31. The standard InChI is InChI=1S/C27H29NO11.C6H8O6/c1-10-22(31)13(28)6-17(38-10)39-15-8-27(36,16(30)9-29)7-12-19(15)26(35)21-20(24(12)33)23(32)11-4-3-5-14(37-2)18(11)25(21)34;7-1-2(8)5-3(9)4(10)6(11)12-5/h3-5,10,13,15,17,22,29,31,33,35-36H,6-9,28H2,1-2H3;2,5,7-10H,1H2/t10-,13-,15-,17-,22+,27-;2-,5+/m00/s1. The van der Waals surface area contributed by atoms with Crippen molar-refractivity contribution >= 4 is 23.3 Å². The van der Waals surface area contributed by atoms with Crippen LogP contribution in [0.25, 0.3) is 0 Å². The van der Waals surface area contributed by atoms with Crippen LogP contribution in [0.2, 0.25) is 0 Å². The zero-order valence-corrected chi connectivity index (χ0v) is 27.2. The van der Waals surface area contributed by atoms with Gasteiger partial charge in [-0.05, 0) is 13.0 Å². The number of Topliss-reactive ketones (excluding diaryl/α,β-unsaturated/α-hetero) is 1. The second-order valence-corrected chi connectivity index (χ2v) is 12.5. The van der Waals surface area contributed by atoms with Crippen molar-refractivity contribution in [2.75, 3.05) is 20.3 Å². The Morgan fingerprint density at radius 1 is 1.06 bits per heavy atom. The van der Waals surface area contributed by atoms with Crippen molar-refractivity contribution in [2.24, 2.45) is 5.73 Å². The SMILES string of the molecule is COc1cccc2c1C(=O)c1c(O)c3c(c(O)c1C2=O)C[C@@](O)(C(=O)CO)C[C@@H]3O[C@H]1C[C@H](N)[C@H](O)[C@H](C)O1.O=C1O[C@H]([C@@H](O)CO)C(O)=C1O. The van der Waals surface area contributed by atoms with E-state index in [1.54, 1.807) is 6.92 Å². The molecule has 51 heavy (non-hydrogen) atoms. The van der Waals surface area contributed by atoms with Crippen LogP contribution < -0.4 is 10.5 Å². The number of hydrogen-bond acceptors (Lipinski definition) is 18. The van der Waals surface area contributed by atoms with Gasteiger partial charge in [0.1, 0.15) is 35.6 Å². The maximum Gasteiger partial charge on any atom is 0.377 e. The summed E-state index contributed by atoms with van der Waals surface area (Å²) >= 11 is 0. The van der Waals surface area contributed by atoms with Crippen LogP contribution in [0, 0.1) is 0 Å². The van der Waals surface area contributed by atoms with Crippen LogP contribution in [-0.2, 0) is 30.2 Å². The Bertz CT molecular complexity index is 1790. The summed E-state index contributed by atoms with van der Waals surface area (Å²) in [5.74, 6) is -6.55. The predicted molar refractivity (Wildman–Crippen MR) is 167 cm³/mol. The fraction of sp³-hybridized carbons (Fsp3) is 0.455. The molecule has 1 fully saturated rings. The Hall–Kier alpha value is -4.66. The zero-order chi connectivity index (χ0) is 37.7. The van der Waals surface area contributed by atoms with Gasteiger partial charge in [-0.2, -0.15) is 0 Å². The molecule has 2 aromatic rings. The number of ketones is 3. The van der Waals surface area contributed by atoms with Crippen molar-refractivity contribution in [2.45, 2.75) is 74.6 Å². The van der Waals surface area contributed by atoms with Crippen LogP contribution >= 0.6 is 0 Å². The quantitative estimate of drug-likeness (QED) is 0.0991. The molecule has 18 heteroatoms. The topological polar surface area (TPSA) is 313 Å². The number of aliphatic hydroxyl groups is 7. The number of fused-ring (bicyclic) bond motifs is 3. The van der Waals surface area contributed by atoms with Crippen LogP contribution in [0.4, 0.5) is 0 Å². The van der Waals surface area contributed by atoms with Crippen molar-refractivity contribution in [1.82, 2.24) is 0 Å². The summed E-state index contributed by atoms with van der Waals surface area (Å²) in [5.41, 5.74) is 2.37. The largest absolute Gasteiger partial charge is 0.507 e. The summed E-state index contributed by atoms with van der Waals surface area (Å²) in [4.78, 5) is 50.3. The average molecular weight is 720 g/mol. The number of nitrogens with two attached hydrogens (primary N) is 1. The molecule has 4 aliphatic rings. The fourth-order valence-electron chi connectivity index (χ4n) is 6.57. The van der Waals surface area contributed by atoms with E-state index in [0.29, 0.717) is 0 Å². The fourth-order valence-corrected chi connectivity index (χ4v) is 6.57. The van der Waals surface area contributed by atoms with Gasteiger partial charge in [-0.25, -0.2) is 4.79 Å². The average Bonchev–Trinajstić information content (AvgIpc) is 3.36. The van der Waals surface area contributed by atoms with Gasteiger partial charge in [0.2, 0.25) is 11.5 Å². The highest BCUT2D eigenvalue weighted by Gasteiger charge is 2.50. The van der Waals surface area contributed by atoms with Gasteiger partial charge < -0.3 is 70.6 Å². The zero-order valence-electron chi connectivity index (χ0n) is 27.2. The maximum absolute atomic E-state index is 13.6. The Balaban J connectivity index is 0.000000357. The minimum Gasteiger partial charge on any atom is -0.507 e. The first-order valence-corrected chi connectivity index (χ1v) is 15.6. The molecule has 11 N–H and O–H groups in total. The summed E-state index contributed by atoms with van der Waals surface area (Å²) in [6.07, 6.45) is -7.90. The number of phenolic OH excluding ortho intramolecular Hbond substituents is 2. The smallest absolute Gasteiger partial charge is 0.377 e. The molecule has 0 spiro atoms. The van der Waals surface area contributed by atoms with Crippen molar-refractivity contribution < 1.29 is 84.1 Å². The Labute approximate surface area is 288 Å². The molecule has 0 aromatic heterocycles. The second kappa shape index (κ2) is 14.2. The molecule has 0 amide bonds. The van der Waals surface area contributed by atoms with Gasteiger partial charge in [0, 0.05) is 42.0 Å². The maximum atomic E-state index is 13.6. The molecule has 2 heterocycles. The molecule has 2 aromatic carbocycles. The highest BCUT2D eigenvalue weighted by Crippen LogP contribution is 2.52. The molecule has 0 saturated carbocycles. The van der Waals surface area contributed by atoms with E-state index < -0.39 is 132 Å². The molecule has 18 nitrogen and oxygen atoms in total. The molecule has 2 aliphatic heterocycles. The van der Waals surface area contributed by atoms with Crippen LogP contribution in [0.1, 0.15) is 68.8 Å². The van der Waals surface area contributed by atoms with Crippen LogP contribution in [0.15, 0.2) is 29.7 Å². The molecular weight excluding hydrogens is 682 g/mol. The van der Waals surface area contributed by atoms with Gasteiger partial charge in [0.15, 0.2) is 29.7 Å². The van der Waals surface area contributed by atoms with E-state index in [-0.39, 0.29) is 34.4 Å². The summed E-state index contributed by atoms with van der Waals surface area (Å²) in [7, 11) is 1.32. The summed E-state index contributed by atoms with van der Waals surface area (Å²) in [5, 5.41) is 88.7. The lowest BCUT2D eigenvalue weighted by atomic mass is 9.72. The normalized spacial score (nSPS) is 28.9. The minimum atomic E-state index is -2.24. The van der Waals surface area contributed by atoms with Gasteiger partial charge in [-0.15, -0.1) is 0 Å². The monoisotopic (exact) mass is 719 g/mol. The third-order valence-corrected chi connectivity index (χ3v) is 9.28. The van der Waals surface area contributed by atoms with E-state index in [9.17, 15) is 44.7 Å². The van der Waals surface area contributed by atoms with Crippen LogP contribution in [-0.4, -0.2) is 132 Å². The lowest BCUT2D eigenvalue weighted by Crippen LogP contribution is -2.53. The van der Waals surface area contributed by atoms with E-state index in [2.05, 4.69) is 4.74 Å².